The maximum absolute atomic E-state index is 12.7. The molecule has 0 aliphatic carbocycles. The van der Waals surface area contributed by atoms with Crippen LogP contribution in [0.4, 0.5) is 5.69 Å². The van der Waals surface area contributed by atoms with E-state index in [1.807, 2.05) is 42.5 Å². The average molecular weight is 448 g/mol. The van der Waals surface area contributed by atoms with Crippen molar-refractivity contribution in [3.63, 3.8) is 0 Å². The molecule has 1 aliphatic rings. The number of ether oxygens (including phenoxy) is 2. The molecule has 4 rings (SSSR count). The first-order valence-electron chi connectivity index (χ1n) is 11.3. The highest BCUT2D eigenvalue weighted by atomic mass is 16.5. The molecule has 0 unspecified atom stereocenters. The number of nitrogens with one attached hydrogen (secondary N) is 2. The summed E-state index contributed by atoms with van der Waals surface area (Å²) in [5, 5.41) is 7.90. The predicted molar refractivity (Wildman–Crippen MR) is 129 cm³/mol. The molecule has 0 aromatic heterocycles. The Morgan fingerprint density at radius 1 is 0.939 bits per heavy atom. The first-order chi connectivity index (χ1) is 16.2. The van der Waals surface area contributed by atoms with Crippen molar-refractivity contribution >= 4 is 28.3 Å². The van der Waals surface area contributed by atoms with Crippen LogP contribution < -0.4 is 15.4 Å². The summed E-state index contributed by atoms with van der Waals surface area (Å²) < 4.78 is 11.0. The minimum atomic E-state index is -0.323. The third kappa shape index (κ3) is 6.54. The van der Waals surface area contributed by atoms with Crippen molar-refractivity contribution in [1.82, 2.24) is 10.2 Å². The van der Waals surface area contributed by atoms with Gasteiger partial charge in [0, 0.05) is 19.6 Å². The molecular weight excluding hydrogens is 418 g/mol. The lowest BCUT2D eigenvalue weighted by Gasteiger charge is -2.26. The second-order valence-corrected chi connectivity index (χ2v) is 7.95. The molecule has 3 aromatic carbocycles. The van der Waals surface area contributed by atoms with Gasteiger partial charge in [0.1, 0.15) is 5.75 Å². The zero-order valence-corrected chi connectivity index (χ0v) is 18.6. The van der Waals surface area contributed by atoms with Crippen LogP contribution in [0.2, 0.25) is 0 Å². The van der Waals surface area contributed by atoms with Crippen LogP contribution in [-0.4, -0.2) is 62.7 Å². The number of morpholine rings is 1. The number of amides is 2. The molecule has 1 aliphatic heterocycles. The minimum Gasteiger partial charge on any atom is -0.484 e. The summed E-state index contributed by atoms with van der Waals surface area (Å²) in [6.45, 7) is 4.76. The number of carbonyl (C=O) groups excluding carboxylic acids is 2. The van der Waals surface area contributed by atoms with E-state index < -0.39 is 0 Å². The van der Waals surface area contributed by atoms with Gasteiger partial charge >= 0.3 is 0 Å². The Hall–Kier alpha value is -3.42. The summed E-state index contributed by atoms with van der Waals surface area (Å²) in [7, 11) is 0. The molecule has 1 heterocycles. The molecule has 1 fully saturated rings. The lowest BCUT2D eigenvalue weighted by Crippen LogP contribution is -2.38. The Bertz CT molecular complexity index is 1100. The van der Waals surface area contributed by atoms with E-state index in [0.29, 0.717) is 23.5 Å². The standard InChI is InChI=1S/C26H29N3O4/c30-25(19-33-22-11-10-20-6-1-2-7-21(20)18-22)28-24-9-4-3-8-23(24)26(31)27-12-5-13-29-14-16-32-17-15-29/h1-4,6-11,18H,5,12-17,19H2,(H,27,31)(H,28,30). The Balaban J connectivity index is 1.27. The van der Waals surface area contributed by atoms with Crippen LogP contribution >= 0.6 is 0 Å². The summed E-state index contributed by atoms with van der Waals surface area (Å²) in [5.74, 6) is 0.0918. The number of hydrogen-bond donors (Lipinski definition) is 2. The van der Waals surface area contributed by atoms with Gasteiger partial charge in [0.15, 0.2) is 6.61 Å². The first kappa shape index (κ1) is 22.8. The molecule has 172 valence electrons. The number of hydrogen-bond acceptors (Lipinski definition) is 5. The van der Waals surface area contributed by atoms with Gasteiger partial charge in [0.25, 0.3) is 11.8 Å². The van der Waals surface area contributed by atoms with Crippen LogP contribution in [0.15, 0.2) is 66.7 Å². The van der Waals surface area contributed by atoms with E-state index in [9.17, 15) is 9.59 Å². The molecular formula is C26H29N3O4. The normalized spacial score (nSPS) is 14.1. The fourth-order valence-corrected chi connectivity index (χ4v) is 3.81. The summed E-state index contributed by atoms with van der Waals surface area (Å²) >= 11 is 0. The van der Waals surface area contributed by atoms with Crippen LogP contribution in [0.1, 0.15) is 16.8 Å². The largest absolute Gasteiger partial charge is 0.484 e. The lowest BCUT2D eigenvalue weighted by atomic mass is 10.1. The molecule has 33 heavy (non-hydrogen) atoms. The Morgan fingerprint density at radius 3 is 2.55 bits per heavy atom. The van der Waals surface area contributed by atoms with Gasteiger partial charge in [-0.25, -0.2) is 0 Å². The molecule has 2 N–H and O–H groups in total. The Labute approximate surface area is 193 Å². The maximum Gasteiger partial charge on any atom is 0.262 e. The topological polar surface area (TPSA) is 79.9 Å². The first-order valence-corrected chi connectivity index (χ1v) is 11.3. The molecule has 1 saturated heterocycles. The van der Waals surface area contributed by atoms with Crippen LogP contribution in [0.5, 0.6) is 5.75 Å². The Morgan fingerprint density at radius 2 is 1.70 bits per heavy atom. The zero-order valence-electron chi connectivity index (χ0n) is 18.6. The zero-order chi connectivity index (χ0) is 22.9. The predicted octanol–water partition coefficient (Wildman–Crippen LogP) is 3.31. The summed E-state index contributed by atoms with van der Waals surface area (Å²) in [4.78, 5) is 27.5. The van der Waals surface area contributed by atoms with Crippen molar-refractivity contribution in [2.24, 2.45) is 0 Å². The Kier molecular flexibility index (Phi) is 7.90. The van der Waals surface area contributed by atoms with Gasteiger partial charge in [0.2, 0.25) is 0 Å². The van der Waals surface area contributed by atoms with Crippen molar-refractivity contribution in [1.29, 1.82) is 0 Å². The third-order valence-electron chi connectivity index (χ3n) is 5.58. The average Bonchev–Trinajstić information content (AvgIpc) is 2.86. The summed E-state index contributed by atoms with van der Waals surface area (Å²) in [6.07, 6.45) is 0.861. The van der Waals surface area contributed by atoms with E-state index in [2.05, 4.69) is 15.5 Å². The van der Waals surface area contributed by atoms with Crippen molar-refractivity contribution in [3.05, 3.63) is 72.3 Å². The molecule has 0 atom stereocenters. The minimum absolute atomic E-state index is 0.145. The van der Waals surface area contributed by atoms with Gasteiger partial charge in [-0.2, -0.15) is 0 Å². The van der Waals surface area contributed by atoms with Gasteiger partial charge < -0.3 is 20.1 Å². The third-order valence-corrected chi connectivity index (χ3v) is 5.58. The van der Waals surface area contributed by atoms with Crippen LogP contribution in [0, 0.1) is 0 Å². The molecule has 2 amide bonds. The monoisotopic (exact) mass is 447 g/mol. The quantitative estimate of drug-likeness (QED) is 0.492. The van der Waals surface area contributed by atoms with Gasteiger partial charge in [-0.3, -0.25) is 14.5 Å². The molecule has 7 nitrogen and oxygen atoms in total. The summed E-state index contributed by atoms with van der Waals surface area (Å²) in [6, 6.07) is 20.7. The van der Waals surface area contributed by atoms with E-state index in [1.54, 1.807) is 24.3 Å². The fraction of sp³-hybridized carbons (Fsp3) is 0.308. The number of nitrogens with zero attached hydrogens (tertiary/aromatic N) is 1. The van der Waals surface area contributed by atoms with Gasteiger partial charge in [-0.1, -0.05) is 42.5 Å². The highest BCUT2D eigenvalue weighted by Crippen LogP contribution is 2.21. The van der Waals surface area contributed by atoms with E-state index in [0.717, 1.165) is 50.0 Å². The number of benzene rings is 3. The van der Waals surface area contributed by atoms with Crippen LogP contribution in [0.25, 0.3) is 10.8 Å². The molecule has 0 bridgehead atoms. The van der Waals surface area contributed by atoms with Crippen LogP contribution in [-0.2, 0) is 9.53 Å². The van der Waals surface area contributed by atoms with Crippen molar-refractivity contribution < 1.29 is 19.1 Å². The van der Waals surface area contributed by atoms with Gasteiger partial charge in [-0.15, -0.1) is 0 Å². The number of fused-ring (bicyclic) bond motifs is 1. The lowest BCUT2D eigenvalue weighted by molar-refractivity contribution is -0.118. The summed E-state index contributed by atoms with van der Waals surface area (Å²) in [5.41, 5.74) is 0.901. The highest BCUT2D eigenvalue weighted by Gasteiger charge is 2.14. The number of anilines is 1. The van der Waals surface area contributed by atoms with Gasteiger partial charge in [0.05, 0.1) is 24.5 Å². The smallest absolute Gasteiger partial charge is 0.262 e. The highest BCUT2D eigenvalue weighted by molar-refractivity contribution is 6.04. The van der Waals surface area contributed by atoms with E-state index in [4.69, 9.17) is 9.47 Å². The number of rotatable bonds is 9. The second-order valence-electron chi connectivity index (χ2n) is 7.95. The molecule has 7 heteroatoms. The van der Waals surface area contributed by atoms with Crippen molar-refractivity contribution in [2.45, 2.75) is 6.42 Å². The molecule has 0 spiro atoms. The van der Waals surface area contributed by atoms with E-state index in [-0.39, 0.29) is 18.4 Å². The van der Waals surface area contributed by atoms with Gasteiger partial charge in [-0.05, 0) is 48.0 Å². The number of carbonyl (C=O) groups is 2. The fourth-order valence-electron chi connectivity index (χ4n) is 3.81. The van der Waals surface area contributed by atoms with E-state index >= 15 is 0 Å². The molecule has 3 aromatic rings. The number of para-hydroxylation sites is 1. The maximum atomic E-state index is 12.7. The van der Waals surface area contributed by atoms with E-state index in [1.165, 1.54) is 0 Å². The SMILES string of the molecule is O=C(COc1ccc2ccccc2c1)Nc1ccccc1C(=O)NCCCN1CCOCC1. The second kappa shape index (κ2) is 11.4. The van der Waals surface area contributed by atoms with Crippen LogP contribution in [0.3, 0.4) is 0 Å². The van der Waals surface area contributed by atoms with Crippen molar-refractivity contribution in [3.8, 4) is 5.75 Å². The van der Waals surface area contributed by atoms with Crippen molar-refractivity contribution in [2.75, 3.05) is 51.3 Å². The molecule has 0 saturated carbocycles. The molecule has 0 radical (unpaired) electrons.